The first-order valence-corrected chi connectivity index (χ1v) is 7.03. The van der Waals surface area contributed by atoms with E-state index in [0.717, 1.165) is 18.8 Å². The van der Waals surface area contributed by atoms with Crippen LogP contribution in [0, 0.1) is 0 Å². The van der Waals surface area contributed by atoms with Gasteiger partial charge in [-0.1, -0.05) is 12.1 Å². The van der Waals surface area contributed by atoms with Gasteiger partial charge in [0.2, 0.25) is 0 Å². The zero-order chi connectivity index (χ0) is 16.0. The van der Waals surface area contributed by atoms with Crippen molar-refractivity contribution in [3.63, 3.8) is 0 Å². The van der Waals surface area contributed by atoms with Gasteiger partial charge in [0.25, 0.3) is 0 Å². The Labute approximate surface area is 123 Å². The van der Waals surface area contributed by atoms with Crippen molar-refractivity contribution in [3.05, 3.63) is 29.8 Å². The van der Waals surface area contributed by atoms with Crippen LogP contribution in [0.1, 0.15) is 32.4 Å². The molecule has 0 aliphatic carbocycles. The number of nitrogens with two attached hydrogens (primary N) is 1. The summed E-state index contributed by atoms with van der Waals surface area (Å²) in [5, 5.41) is 0. The molecule has 0 spiro atoms. The topological polar surface area (TPSA) is 55.6 Å². The van der Waals surface area contributed by atoms with Crippen molar-refractivity contribution in [1.29, 1.82) is 0 Å². The molecule has 0 aliphatic heterocycles. The molecule has 4 nitrogen and oxygen atoms in total. The Morgan fingerprint density at radius 1 is 1.24 bits per heavy atom. The molecular weight excluding hydrogens is 278 g/mol. The fourth-order valence-electron chi connectivity index (χ4n) is 2.04. The van der Waals surface area contributed by atoms with Crippen molar-refractivity contribution in [3.8, 4) is 0 Å². The molecule has 0 radical (unpaired) electrons. The van der Waals surface area contributed by atoms with Crippen molar-refractivity contribution >= 4 is 11.7 Å². The molecule has 0 unspecified atom stereocenters. The molecule has 0 saturated carbocycles. The lowest BCUT2D eigenvalue weighted by Gasteiger charge is -2.24. The lowest BCUT2D eigenvalue weighted by Crippen LogP contribution is -2.41. The number of halogens is 2. The van der Waals surface area contributed by atoms with Crippen LogP contribution in [0.15, 0.2) is 24.3 Å². The Morgan fingerprint density at radius 2 is 1.76 bits per heavy atom. The SMILES string of the molecule is CCOC(=O)C(F)(F)[C@H](N)c1ccc(N(CC)CC)cc1. The third kappa shape index (κ3) is 3.91. The third-order valence-electron chi connectivity index (χ3n) is 3.32. The first-order valence-electron chi connectivity index (χ1n) is 7.03. The maximum Gasteiger partial charge on any atom is 0.379 e. The number of carbonyl (C=O) groups excluding carboxylic acids is 1. The van der Waals surface area contributed by atoms with E-state index in [0.29, 0.717) is 0 Å². The molecule has 118 valence electrons. The summed E-state index contributed by atoms with van der Waals surface area (Å²) in [5.41, 5.74) is 6.66. The van der Waals surface area contributed by atoms with Gasteiger partial charge in [0, 0.05) is 18.8 Å². The van der Waals surface area contributed by atoms with Crippen LogP contribution in [0.5, 0.6) is 0 Å². The molecule has 1 rings (SSSR count). The molecule has 1 aromatic carbocycles. The third-order valence-corrected chi connectivity index (χ3v) is 3.32. The number of nitrogens with zero attached hydrogens (tertiary/aromatic N) is 1. The second-order valence-corrected chi connectivity index (χ2v) is 4.58. The highest BCUT2D eigenvalue weighted by atomic mass is 19.3. The first kappa shape index (κ1) is 17.4. The molecule has 0 bridgehead atoms. The highest BCUT2D eigenvalue weighted by Crippen LogP contribution is 2.31. The van der Waals surface area contributed by atoms with Crippen molar-refractivity contribution in [2.75, 3.05) is 24.6 Å². The van der Waals surface area contributed by atoms with Crippen LogP contribution in [0.4, 0.5) is 14.5 Å². The Balaban J connectivity index is 2.93. The van der Waals surface area contributed by atoms with E-state index in [2.05, 4.69) is 9.64 Å². The van der Waals surface area contributed by atoms with Gasteiger partial charge in [-0.15, -0.1) is 0 Å². The molecule has 1 aromatic rings. The summed E-state index contributed by atoms with van der Waals surface area (Å²) < 4.78 is 32.1. The molecular formula is C15H22F2N2O2. The normalized spacial score (nSPS) is 12.9. The van der Waals surface area contributed by atoms with E-state index in [-0.39, 0.29) is 12.2 Å². The standard InChI is InChI=1S/C15H22F2N2O2/c1-4-19(5-2)12-9-7-11(8-10-12)13(18)15(16,17)14(20)21-6-3/h7-10,13H,4-6,18H2,1-3H3/t13-/m1/s1. The summed E-state index contributed by atoms with van der Waals surface area (Å²) in [7, 11) is 0. The highest BCUT2D eigenvalue weighted by molar-refractivity contribution is 5.79. The summed E-state index contributed by atoms with van der Waals surface area (Å²) in [4.78, 5) is 13.4. The predicted molar refractivity (Wildman–Crippen MR) is 78.5 cm³/mol. The lowest BCUT2D eigenvalue weighted by molar-refractivity contribution is -0.174. The average molecular weight is 300 g/mol. The number of ether oxygens (including phenoxy) is 1. The quantitative estimate of drug-likeness (QED) is 0.787. The van der Waals surface area contributed by atoms with Crippen molar-refractivity contribution in [1.82, 2.24) is 0 Å². The van der Waals surface area contributed by atoms with E-state index in [4.69, 9.17) is 5.73 Å². The van der Waals surface area contributed by atoms with E-state index in [1.807, 2.05) is 13.8 Å². The van der Waals surface area contributed by atoms with Gasteiger partial charge in [0.05, 0.1) is 6.61 Å². The van der Waals surface area contributed by atoms with Gasteiger partial charge in [0.15, 0.2) is 0 Å². The number of hydrogen-bond donors (Lipinski definition) is 1. The van der Waals surface area contributed by atoms with E-state index < -0.39 is 17.9 Å². The Morgan fingerprint density at radius 3 is 2.19 bits per heavy atom. The highest BCUT2D eigenvalue weighted by Gasteiger charge is 2.47. The number of esters is 1. The molecule has 6 heteroatoms. The zero-order valence-electron chi connectivity index (χ0n) is 12.6. The fourth-order valence-corrected chi connectivity index (χ4v) is 2.04. The maximum absolute atomic E-state index is 13.9. The lowest BCUT2D eigenvalue weighted by atomic mass is 10.0. The minimum atomic E-state index is -3.74. The van der Waals surface area contributed by atoms with Gasteiger partial charge in [-0.3, -0.25) is 0 Å². The number of carbonyl (C=O) groups is 1. The predicted octanol–water partition coefficient (Wildman–Crippen LogP) is 2.73. The summed E-state index contributed by atoms with van der Waals surface area (Å²) in [5.74, 6) is -5.34. The van der Waals surface area contributed by atoms with Gasteiger partial charge < -0.3 is 15.4 Å². The maximum atomic E-state index is 13.9. The first-order chi connectivity index (χ1) is 9.88. The molecule has 0 aliphatic rings. The summed E-state index contributed by atoms with van der Waals surface area (Å²) in [6.07, 6.45) is 0. The molecule has 0 heterocycles. The van der Waals surface area contributed by atoms with Crippen molar-refractivity contribution < 1.29 is 18.3 Å². The summed E-state index contributed by atoms with van der Waals surface area (Å²) >= 11 is 0. The van der Waals surface area contributed by atoms with Crippen LogP contribution in [0.3, 0.4) is 0 Å². The number of anilines is 1. The average Bonchev–Trinajstić information content (AvgIpc) is 2.48. The fraction of sp³-hybridized carbons (Fsp3) is 0.533. The van der Waals surface area contributed by atoms with Crippen LogP contribution in [-0.4, -0.2) is 31.6 Å². The van der Waals surface area contributed by atoms with E-state index >= 15 is 0 Å². The van der Waals surface area contributed by atoms with Gasteiger partial charge >= 0.3 is 11.9 Å². The molecule has 0 saturated heterocycles. The second kappa shape index (κ2) is 7.36. The Bertz CT molecular complexity index is 459. The summed E-state index contributed by atoms with van der Waals surface area (Å²) in [6.45, 7) is 7.03. The zero-order valence-corrected chi connectivity index (χ0v) is 12.6. The van der Waals surface area contributed by atoms with Crippen LogP contribution >= 0.6 is 0 Å². The monoisotopic (exact) mass is 300 g/mol. The number of benzene rings is 1. The largest absolute Gasteiger partial charge is 0.462 e. The van der Waals surface area contributed by atoms with Crippen LogP contribution in [0.25, 0.3) is 0 Å². The smallest absolute Gasteiger partial charge is 0.379 e. The summed E-state index contributed by atoms with van der Waals surface area (Å²) in [6, 6.07) is 4.77. The minimum absolute atomic E-state index is 0.109. The Kier molecular flexibility index (Phi) is 6.08. The van der Waals surface area contributed by atoms with E-state index in [1.165, 1.54) is 19.1 Å². The molecule has 0 aromatic heterocycles. The van der Waals surface area contributed by atoms with Crippen molar-refractivity contribution in [2.45, 2.75) is 32.7 Å². The van der Waals surface area contributed by atoms with Gasteiger partial charge in [-0.05, 0) is 38.5 Å². The minimum Gasteiger partial charge on any atom is -0.462 e. The second-order valence-electron chi connectivity index (χ2n) is 4.58. The Hall–Kier alpha value is -1.69. The van der Waals surface area contributed by atoms with Crippen LogP contribution in [0.2, 0.25) is 0 Å². The van der Waals surface area contributed by atoms with Crippen LogP contribution < -0.4 is 10.6 Å². The molecule has 0 fully saturated rings. The number of hydrogen-bond acceptors (Lipinski definition) is 4. The molecule has 1 atom stereocenters. The number of alkyl halides is 2. The van der Waals surface area contributed by atoms with E-state index in [1.54, 1.807) is 12.1 Å². The van der Waals surface area contributed by atoms with E-state index in [9.17, 15) is 13.6 Å². The molecule has 21 heavy (non-hydrogen) atoms. The molecule has 2 N–H and O–H groups in total. The van der Waals surface area contributed by atoms with Gasteiger partial charge in [-0.25, -0.2) is 4.79 Å². The van der Waals surface area contributed by atoms with Crippen LogP contribution in [-0.2, 0) is 9.53 Å². The molecule has 0 amide bonds. The van der Waals surface area contributed by atoms with Crippen molar-refractivity contribution in [2.24, 2.45) is 5.73 Å². The number of rotatable bonds is 7. The van der Waals surface area contributed by atoms with Gasteiger partial charge in [-0.2, -0.15) is 8.78 Å². The van der Waals surface area contributed by atoms with Gasteiger partial charge in [0.1, 0.15) is 6.04 Å².